The highest BCUT2D eigenvalue weighted by Crippen LogP contribution is 2.12. The number of ether oxygens (including phenoxy) is 1. The van der Waals surface area contributed by atoms with E-state index in [1.54, 1.807) is 23.8 Å². The average Bonchev–Trinajstić information content (AvgIpc) is 2.93. The van der Waals surface area contributed by atoms with Crippen LogP contribution in [0.15, 0.2) is 47.7 Å². The Labute approximate surface area is 132 Å². The van der Waals surface area contributed by atoms with Crippen LogP contribution in [0, 0.1) is 6.92 Å². The standard InChI is InChI=1S/C17H17N3O3/c1-3-23-15(21)10-19-11-18-14-8-9-20(17(22)16(14)19)13-6-4-12(2)5-7-13/h4-9,11H,3,10H2,1-2H3. The molecule has 0 radical (unpaired) electrons. The topological polar surface area (TPSA) is 66.1 Å². The van der Waals surface area contributed by atoms with Crippen LogP contribution in [0.25, 0.3) is 16.7 Å². The van der Waals surface area contributed by atoms with Crippen molar-refractivity contribution in [2.45, 2.75) is 20.4 Å². The maximum atomic E-state index is 12.8. The van der Waals surface area contributed by atoms with Crippen molar-refractivity contribution in [2.75, 3.05) is 6.61 Å². The second-order valence-corrected chi connectivity index (χ2v) is 5.24. The van der Waals surface area contributed by atoms with Crippen molar-refractivity contribution in [1.82, 2.24) is 14.1 Å². The van der Waals surface area contributed by atoms with E-state index in [0.29, 0.717) is 17.6 Å². The van der Waals surface area contributed by atoms with Crippen LogP contribution in [0.2, 0.25) is 0 Å². The zero-order valence-electron chi connectivity index (χ0n) is 13.0. The normalized spacial score (nSPS) is 10.9. The van der Waals surface area contributed by atoms with E-state index in [4.69, 9.17) is 4.74 Å². The lowest BCUT2D eigenvalue weighted by atomic mass is 10.2. The van der Waals surface area contributed by atoms with Gasteiger partial charge < -0.3 is 9.30 Å². The molecule has 23 heavy (non-hydrogen) atoms. The van der Waals surface area contributed by atoms with Crippen molar-refractivity contribution in [3.8, 4) is 5.69 Å². The average molecular weight is 311 g/mol. The number of benzene rings is 1. The second-order valence-electron chi connectivity index (χ2n) is 5.24. The van der Waals surface area contributed by atoms with Gasteiger partial charge >= 0.3 is 5.97 Å². The van der Waals surface area contributed by atoms with Crippen molar-refractivity contribution in [3.63, 3.8) is 0 Å². The maximum Gasteiger partial charge on any atom is 0.326 e. The Kier molecular flexibility index (Phi) is 3.97. The van der Waals surface area contributed by atoms with Crippen LogP contribution < -0.4 is 5.56 Å². The number of nitrogens with zero attached hydrogens (tertiary/aromatic N) is 3. The van der Waals surface area contributed by atoms with Crippen molar-refractivity contribution < 1.29 is 9.53 Å². The van der Waals surface area contributed by atoms with Gasteiger partial charge in [0.2, 0.25) is 0 Å². The van der Waals surface area contributed by atoms with Gasteiger partial charge in [-0.3, -0.25) is 14.2 Å². The molecule has 2 heterocycles. The van der Waals surface area contributed by atoms with Crippen LogP contribution in [-0.4, -0.2) is 26.7 Å². The van der Waals surface area contributed by atoms with Crippen molar-refractivity contribution in [2.24, 2.45) is 0 Å². The lowest BCUT2D eigenvalue weighted by Crippen LogP contribution is -2.22. The second kappa shape index (κ2) is 6.08. The molecule has 0 saturated heterocycles. The SMILES string of the molecule is CCOC(=O)Cn1cnc2ccn(-c3ccc(C)cc3)c(=O)c21. The lowest BCUT2D eigenvalue weighted by molar-refractivity contribution is -0.143. The highest BCUT2D eigenvalue weighted by Gasteiger charge is 2.13. The molecule has 0 aliphatic carbocycles. The number of hydrogen-bond donors (Lipinski definition) is 0. The molecule has 1 aromatic carbocycles. The van der Waals surface area contributed by atoms with E-state index in [1.165, 1.54) is 10.9 Å². The van der Waals surface area contributed by atoms with Gasteiger partial charge in [0.25, 0.3) is 5.56 Å². The molecule has 0 aliphatic rings. The molecule has 0 bridgehead atoms. The Morgan fingerprint density at radius 1 is 1.22 bits per heavy atom. The van der Waals surface area contributed by atoms with E-state index in [9.17, 15) is 9.59 Å². The molecule has 0 fully saturated rings. The van der Waals surface area contributed by atoms with Crippen molar-refractivity contribution >= 4 is 17.0 Å². The number of fused-ring (bicyclic) bond motifs is 1. The van der Waals surface area contributed by atoms with E-state index in [2.05, 4.69) is 4.98 Å². The number of aryl methyl sites for hydroxylation is 1. The minimum absolute atomic E-state index is 0.0303. The molecular formula is C17H17N3O3. The Hall–Kier alpha value is -2.89. The van der Waals surface area contributed by atoms with E-state index in [-0.39, 0.29) is 12.1 Å². The summed E-state index contributed by atoms with van der Waals surface area (Å²) in [5, 5.41) is 0. The summed E-state index contributed by atoms with van der Waals surface area (Å²) >= 11 is 0. The number of carbonyl (C=O) groups is 1. The zero-order valence-corrected chi connectivity index (χ0v) is 13.0. The van der Waals surface area contributed by atoms with Crippen LogP contribution >= 0.6 is 0 Å². The quantitative estimate of drug-likeness (QED) is 0.692. The Morgan fingerprint density at radius 2 is 1.96 bits per heavy atom. The number of carbonyl (C=O) groups excluding carboxylic acids is 1. The summed E-state index contributed by atoms with van der Waals surface area (Å²) in [6, 6.07) is 9.42. The highest BCUT2D eigenvalue weighted by molar-refractivity contribution is 5.77. The molecule has 0 unspecified atom stereocenters. The van der Waals surface area contributed by atoms with Gasteiger partial charge in [-0.15, -0.1) is 0 Å². The van der Waals surface area contributed by atoms with Crippen LogP contribution in [-0.2, 0) is 16.1 Å². The van der Waals surface area contributed by atoms with Gasteiger partial charge in [0.15, 0.2) is 0 Å². The van der Waals surface area contributed by atoms with Crippen LogP contribution in [0.3, 0.4) is 0 Å². The molecule has 118 valence electrons. The molecule has 2 aromatic heterocycles. The fourth-order valence-corrected chi connectivity index (χ4v) is 2.45. The van der Waals surface area contributed by atoms with E-state index in [1.807, 2.05) is 31.2 Å². The molecule has 0 N–H and O–H groups in total. The molecule has 0 aliphatic heterocycles. The number of hydrogen-bond acceptors (Lipinski definition) is 4. The first kappa shape index (κ1) is 15.0. The predicted octanol–water partition coefficient (Wildman–Crippen LogP) is 2.06. The third-order valence-corrected chi connectivity index (χ3v) is 3.59. The first-order chi connectivity index (χ1) is 11.1. The summed E-state index contributed by atoms with van der Waals surface area (Å²) in [6.07, 6.45) is 3.18. The Balaban J connectivity index is 2.09. The molecule has 6 heteroatoms. The van der Waals surface area contributed by atoms with Gasteiger partial charge in [0.1, 0.15) is 12.1 Å². The summed E-state index contributed by atoms with van der Waals surface area (Å²) in [6.45, 7) is 4.01. The number of rotatable bonds is 4. The van der Waals surface area contributed by atoms with E-state index < -0.39 is 5.97 Å². The fraction of sp³-hybridized carbons (Fsp3) is 0.235. The molecule has 0 spiro atoms. The first-order valence-electron chi connectivity index (χ1n) is 7.39. The summed E-state index contributed by atoms with van der Waals surface area (Å²) in [5.74, 6) is -0.392. The number of aromatic nitrogens is 3. The third-order valence-electron chi connectivity index (χ3n) is 3.59. The van der Waals surface area contributed by atoms with Gasteiger partial charge in [-0.05, 0) is 32.0 Å². The number of esters is 1. The molecular weight excluding hydrogens is 294 g/mol. The molecule has 3 rings (SSSR count). The summed E-state index contributed by atoms with van der Waals surface area (Å²) in [4.78, 5) is 28.6. The third kappa shape index (κ3) is 2.88. The molecule has 6 nitrogen and oxygen atoms in total. The zero-order chi connectivity index (χ0) is 16.4. The Morgan fingerprint density at radius 3 is 2.65 bits per heavy atom. The number of pyridine rings is 1. The van der Waals surface area contributed by atoms with Gasteiger partial charge in [-0.2, -0.15) is 0 Å². The van der Waals surface area contributed by atoms with Crippen LogP contribution in [0.4, 0.5) is 0 Å². The lowest BCUT2D eigenvalue weighted by Gasteiger charge is -2.08. The highest BCUT2D eigenvalue weighted by atomic mass is 16.5. The van der Waals surface area contributed by atoms with Gasteiger partial charge in [0.05, 0.1) is 18.5 Å². The van der Waals surface area contributed by atoms with Crippen LogP contribution in [0.1, 0.15) is 12.5 Å². The number of imidazole rings is 1. The maximum absolute atomic E-state index is 12.8. The van der Waals surface area contributed by atoms with E-state index in [0.717, 1.165) is 11.3 Å². The summed E-state index contributed by atoms with van der Waals surface area (Å²) in [5.41, 5.74) is 2.62. The monoisotopic (exact) mass is 311 g/mol. The minimum Gasteiger partial charge on any atom is -0.465 e. The summed E-state index contributed by atoms with van der Waals surface area (Å²) < 4.78 is 8.01. The predicted molar refractivity (Wildman–Crippen MR) is 86.7 cm³/mol. The smallest absolute Gasteiger partial charge is 0.326 e. The van der Waals surface area contributed by atoms with Gasteiger partial charge in [-0.25, -0.2) is 4.98 Å². The fourth-order valence-electron chi connectivity index (χ4n) is 2.45. The minimum atomic E-state index is -0.392. The Bertz CT molecular complexity index is 907. The van der Waals surface area contributed by atoms with Crippen molar-refractivity contribution in [1.29, 1.82) is 0 Å². The molecule has 3 aromatic rings. The van der Waals surface area contributed by atoms with Crippen molar-refractivity contribution in [3.05, 3.63) is 58.8 Å². The first-order valence-corrected chi connectivity index (χ1v) is 7.39. The summed E-state index contributed by atoms with van der Waals surface area (Å²) in [7, 11) is 0. The van der Waals surface area contributed by atoms with Gasteiger partial charge in [0, 0.05) is 11.9 Å². The van der Waals surface area contributed by atoms with Crippen LogP contribution in [0.5, 0.6) is 0 Å². The largest absolute Gasteiger partial charge is 0.465 e. The molecule has 0 atom stereocenters. The molecule has 0 saturated carbocycles. The van der Waals surface area contributed by atoms with E-state index >= 15 is 0 Å². The molecule has 0 amide bonds. The van der Waals surface area contributed by atoms with Gasteiger partial charge in [-0.1, -0.05) is 17.7 Å².